The molecule has 6 heteroatoms. The van der Waals surface area contributed by atoms with E-state index in [-0.39, 0.29) is 31.1 Å². The van der Waals surface area contributed by atoms with Crippen LogP contribution in [0.3, 0.4) is 0 Å². The van der Waals surface area contributed by atoms with Gasteiger partial charge in [0.05, 0.1) is 0 Å². The lowest BCUT2D eigenvalue weighted by atomic mass is 10.0. The second-order valence-corrected chi connectivity index (χ2v) is 20.6. The lowest BCUT2D eigenvalue weighted by molar-refractivity contribution is -0.167. The van der Waals surface area contributed by atoms with Gasteiger partial charge in [-0.2, -0.15) is 0 Å². The van der Waals surface area contributed by atoms with Crippen LogP contribution in [0.25, 0.3) is 0 Å². The zero-order valence-corrected chi connectivity index (χ0v) is 47.2. The quantitative estimate of drug-likeness (QED) is 0.0261. The predicted octanol–water partition coefficient (Wildman–Crippen LogP) is 20.8. The Kier molecular flexibility index (Phi) is 57.2. The van der Waals surface area contributed by atoms with Crippen LogP contribution in [-0.4, -0.2) is 37.2 Å². The molecule has 412 valence electrons. The van der Waals surface area contributed by atoms with Gasteiger partial charge >= 0.3 is 17.9 Å². The van der Waals surface area contributed by atoms with Crippen LogP contribution in [0, 0.1) is 0 Å². The maximum atomic E-state index is 12.9. The summed E-state index contributed by atoms with van der Waals surface area (Å²) in [6.45, 7) is 6.62. The molecule has 0 aliphatic rings. The van der Waals surface area contributed by atoms with Crippen molar-refractivity contribution >= 4 is 17.9 Å². The van der Waals surface area contributed by atoms with E-state index >= 15 is 0 Å². The lowest BCUT2D eigenvalue weighted by Gasteiger charge is -2.18. The summed E-state index contributed by atoms with van der Waals surface area (Å²) >= 11 is 0. The van der Waals surface area contributed by atoms with E-state index in [0.717, 1.165) is 83.5 Å². The Bertz CT molecular complexity index is 1280. The lowest BCUT2D eigenvalue weighted by Crippen LogP contribution is -2.30. The van der Waals surface area contributed by atoms with Crippen LogP contribution in [0.2, 0.25) is 0 Å². The highest BCUT2D eigenvalue weighted by Crippen LogP contribution is 2.16. The topological polar surface area (TPSA) is 78.9 Å². The van der Waals surface area contributed by atoms with Crippen molar-refractivity contribution in [3.63, 3.8) is 0 Å². The van der Waals surface area contributed by atoms with Crippen molar-refractivity contribution in [3.8, 4) is 0 Å². The Morgan fingerprint density at radius 2 is 0.507 bits per heavy atom. The summed E-state index contributed by atoms with van der Waals surface area (Å²) in [6.07, 6.45) is 75.0. The Labute approximate surface area is 440 Å². The Morgan fingerprint density at radius 1 is 0.282 bits per heavy atom. The third-order valence-corrected chi connectivity index (χ3v) is 13.5. The van der Waals surface area contributed by atoms with Crippen molar-refractivity contribution in [2.24, 2.45) is 0 Å². The first-order chi connectivity index (χ1) is 35.0. The van der Waals surface area contributed by atoms with Crippen LogP contribution in [-0.2, 0) is 28.6 Å². The molecule has 0 saturated carbocycles. The molecule has 0 N–H and O–H groups in total. The van der Waals surface area contributed by atoms with E-state index in [0.29, 0.717) is 19.3 Å². The molecule has 0 aliphatic carbocycles. The standard InChI is InChI=1S/C65H116O6/c1-4-7-10-13-16-19-22-25-28-30-32-34-37-40-43-46-49-52-55-58-64(67)70-61-62(60-69-63(66)57-54-51-48-45-42-39-36-27-24-21-18-15-12-9-6-3)71-65(68)59-56-53-50-47-44-41-38-35-33-31-29-26-23-20-17-14-11-8-5-2/h16,19,25-26,28-29,32,34,40,43,62H,4-15,17-18,20-24,27,30-31,33,35-39,41-42,44-61H2,1-3H3/b19-16+,28-25+,29-26+,34-32+,43-40+/t62-/m1/s1. The van der Waals surface area contributed by atoms with E-state index in [9.17, 15) is 14.4 Å². The van der Waals surface area contributed by atoms with Gasteiger partial charge in [-0.15, -0.1) is 0 Å². The van der Waals surface area contributed by atoms with E-state index in [1.54, 1.807) is 0 Å². The molecule has 0 radical (unpaired) electrons. The monoisotopic (exact) mass is 993 g/mol. The van der Waals surface area contributed by atoms with Crippen molar-refractivity contribution in [2.75, 3.05) is 13.2 Å². The van der Waals surface area contributed by atoms with Crippen molar-refractivity contribution in [3.05, 3.63) is 60.8 Å². The smallest absolute Gasteiger partial charge is 0.306 e. The first-order valence-corrected chi connectivity index (χ1v) is 30.8. The maximum Gasteiger partial charge on any atom is 0.306 e. The molecule has 0 bridgehead atoms. The van der Waals surface area contributed by atoms with E-state index in [2.05, 4.69) is 81.5 Å². The normalized spacial score (nSPS) is 12.4. The minimum absolute atomic E-state index is 0.0822. The molecule has 0 aromatic carbocycles. The van der Waals surface area contributed by atoms with Crippen molar-refractivity contribution in [1.82, 2.24) is 0 Å². The molecule has 0 rings (SSSR count). The molecule has 0 saturated heterocycles. The first kappa shape index (κ1) is 68.1. The number of hydrogen-bond donors (Lipinski definition) is 0. The number of carbonyl (C=O) groups is 3. The van der Waals surface area contributed by atoms with Gasteiger partial charge in [0.1, 0.15) is 13.2 Å². The molecule has 0 fully saturated rings. The fourth-order valence-corrected chi connectivity index (χ4v) is 8.83. The zero-order valence-electron chi connectivity index (χ0n) is 47.2. The number of carbonyl (C=O) groups excluding carboxylic acids is 3. The minimum atomic E-state index is -0.787. The number of allylic oxidation sites excluding steroid dienone is 10. The fourth-order valence-electron chi connectivity index (χ4n) is 8.83. The van der Waals surface area contributed by atoms with Crippen LogP contribution in [0.1, 0.15) is 316 Å². The summed E-state index contributed by atoms with van der Waals surface area (Å²) in [6, 6.07) is 0. The van der Waals surface area contributed by atoms with Crippen LogP contribution in [0.15, 0.2) is 60.8 Å². The molecule has 0 aliphatic heterocycles. The van der Waals surface area contributed by atoms with Gasteiger partial charge < -0.3 is 14.2 Å². The molecular formula is C65H116O6. The molecule has 0 unspecified atom stereocenters. The van der Waals surface area contributed by atoms with Crippen molar-refractivity contribution in [1.29, 1.82) is 0 Å². The van der Waals surface area contributed by atoms with Crippen molar-refractivity contribution < 1.29 is 28.6 Å². The van der Waals surface area contributed by atoms with Gasteiger partial charge in [-0.25, -0.2) is 0 Å². The molecule has 0 heterocycles. The third-order valence-electron chi connectivity index (χ3n) is 13.5. The van der Waals surface area contributed by atoms with Crippen LogP contribution in [0.5, 0.6) is 0 Å². The summed E-state index contributed by atoms with van der Waals surface area (Å²) in [4.78, 5) is 38.3. The number of hydrogen-bond acceptors (Lipinski definition) is 6. The average Bonchev–Trinajstić information content (AvgIpc) is 3.37. The van der Waals surface area contributed by atoms with Gasteiger partial charge in [-0.1, -0.05) is 268 Å². The molecule has 0 amide bonds. The summed E-state index contributed by atoms with van der Waals surface area (Å²) in [5.41, 5.74) is 0. The highest BCUT2D eigenvalue weighted by Gasteiger charge is 2.19. The SMILES string of the molecule is CCCCC/C=C/C/C=C/C/C=C/C/C=C/CCCCCC(=O)OC[C@@H](COC(=O)CCCCCCCCCCCCCCCCC)OC(=O)CCCCCCCCCCC/C=C/CCCCCCCC. The zero-order chi connectivity index (χ0) is 51.4. The minimum Gasteiger partial charge on any atom is -0.462 e. The highest BCUT2D eigenvalue weighted by molar-refractivity contribution is 5.71. The van der Waals surface area contributed by atoms with Gasteiger partial charge in [0, 0.05) is 19.3 Å². The van der Waals surface area contributed by atoms with Crippen molar-refractivity contribution in [2.45, 2.75) is 322 Å². The van der Waals surface area contributed by atoms with E-state index in [4.69, 9.17) is 14.2 Å². The number of esters is 3. The molecular weight excluding hydrogens is 877 g/mol. The second-order valence-electron chi connectivity index (χ2n) is 20.6. The molecule has 0 spiro atoms. The Balaban J connectivity index is 4.41. The Morgan fingerprint density at radius 3 is 0.845 bits per heavy atom. The molecule has 0 aromatic rings. The van der Waals surface area contributed by atoms with Gasteiger partial charge in [-0.3, -0.25) is 14.4 Å². The number of rotatable bonds is 56. The summed E-state index contributed by atoms with van der Waals surface area (Å²) in [5, 5.41) is 0. The van der Waals surface area contributed by atoms with Crippen LogP contribution >= 0.6 is 0 Å². The van der Waals surface area contributed by atoms with E-state index in [1.165, 1.54) is 193 Å². The third kappa shape index (κ3) is 57.9. The molecule has 1 atom stereocenters. The van der Waals surface area contributed by atoms with Crippen LogP contribution < -0.4 is 0 Å². The van der Waals surface area contributed by atoms with Gasteiger partial charge in [0.2, 0.25) is 0 Å². The predicted molar refractivity (Wildman–Crippen MR) is 307 cm³/mol. The first-order valence-electron chi connectivity index (χ1n) is 30.8. The molecule has 0 aromatic heterocycles. The summed E-state index contributed by atoms with van der Waals surface area (Å²) in [7, 11) is 0. The fraction of sp³-hybridized carbons (Fsp3) is 0.800. The largest absolute Gasteiger partial charge is 0.462 e. The maximum absolute atomic E-state index is 12.9. The number of ether oxygens (including phenoxy) is 3. The molecule has 6 nitrogen and oxygen atoms in total. The summed E-state index contributed by atoms with van der Waals surface area (Å²) in [5.74, 6) is -0.900. The van der Waals surface area contributed by atoms with Crippen LogP contribution in [0.4, 0.5) is 0 Å². The van der Waals surface area contributed by atoms with Gasteiger partial charge in [0.25, 0.3) is 0 Å². The van der Waals surface area contributed by atoms with E-state index in [1.807, 2.05) is 0 Å². The average molecular weight is 994 g/mol. The molecule has 71 heavy (non-hydrogen) atoms. The Hall–Kier alpha value is -2.89. The van der Waals surface area contributed by atoms with Gasteiger partial charge in [0.15, 0.2) is 6.10 Å². The van der Waals surface area contributed by atoms with Gasteiger partial charge in [-0.05, 0) is 89.9 Å². The highest BCUT2D eigenvalue weighted by atomic mass is 16.6. The summed E-state index contributed by atoms with van der Waals surface area (Å²) < 4.78 is 16.9. The number of unbranched alkanes of at least 4 members (excludes halogenated alkanes) is 35. The van der Waals surface area contributed by atoms with E-state index < -0.39 is 6.10 Å². The second kappa shape index (κ2) is 59.7.